The number of furan rings is 1. The van der Waals surface area contributed by atoms with Gasteiger partial charge in [-0.05, 0) is 45.9 Å². The normalized spacial score (nSPS) is 12.5. The third kappa shape index (κ3) is 2.82. The molecule has 0 aliphatic rings. The van der Waals surface area contributed by atoms with E-state index in [0.29, 0.717) is 6.61 Å². The number of aryl methyl sites for hydroxylation is 3. The van der Waals surface area contributed by atoms with Crippen molar-refractivity contribution in [2.45, 2.75) is 33.8 Å². The van der Waals surface area contributed by atoms with Gasteiger partial charge in [0.1, 0.15) is 23.4 Å². The lowest BCUT2D eigenvalue weighted by atomic mass is 9.99. The van der Waals surface area contributed by atoms with E-state index in [1.165, 1.54) is 0 Å². The van der Waals surface area contributed by atoms with Crippen LogP contribution < -0.4 is 4.74 Å². The number of aliphatic hydroxyl groups excluding tert-OH is 1. The Morgan fingerprint density at radius 3 is 2.47 bits per heavy atom. The van der Waals surface area contributed by atoms with Crippen LogP contribution in [-0.2, 0) is 0 Å². The lowest BCUT2D eigenvalue weighted by Gasteiger charge is -2.16. The zero-order valence-electron chi connectivity index (χ0n) is 11.9. The largest absolute Gasteiger partial charge is 0.493 e. The minimum atomic E-state index is -0.723. The first kappa shape index (κ1) is 13.7. The fourth-order valence-corrected chi connectivity index (χ4v) is 2.26. The van der Waals surface area contributed by atoms with Crippen LogP contribution in [0.3, 0.4) is 0 Å². The summed E-state index contributed by atoms with van der Waals surface area (Å²) in [6.07, 6.45) is -0.723. The summed E-state index contributed by atoms with van der Waals surface area (Å²) in [4.78, 5) is 0. The Bertz CT molecular complexity index is 569. The molecule has 0 aliphatic carbocycles. The lowest BCUT2D eigenvalue weighted by Crippen LogP contribution is -2.04. The Morgan fingerprint density at radius 2 is 1.89 bits per heavy atom. The molecule has 19 heavy (non-hydrogen) atoms. The van der Waals surface area contributed by atoms with Crippen LogP contribution >= 0.6 is 0 Å². The van der Waals surface area contributed by atoms with Crippen molar-refractivity contribution < 1.29 is 14.3 Å². The molecule has 0 bridgehead atoms. The first-order valence-corrected chi connectivity index (χ1v) is 6.51. The molecule has 0 saturated carbocycles. The van der Waals surface area contributed by atoms with Gasteiger partial charge in [-0.1, -0.05) is 11.6 Å². The summed E-state index contributed by atoms with van der Waals surface area (Å²) in [5.41, 5.74) is 2.67. The van der Waals surface area contributed by atoms with Crippen LogP contribution in [0.15, 0.2) is 28.7 Å². The molecule has 0 radical (unpaired) electrons. The van der Waals surface area contributed by atoms with Crippen LogP contribution in [0, 0.1) is 20.8 Å². The average Bonchev–Trinajstić information content (AvgIpc) is 2.70. The molecule has 3 nitrogen and oxygen atoms in total. The summed E-state index contributed by atoms with van der Waals surface area (Å²) in [5.74, 6) is 2.27. The van der Waals surface area contributed by atoms with Crippen molar-refractivity contribution in [1.82, 2.24) is 0 Å². The van der Waals surface area contributed by atoms with Crippen molar-refractivity contribution >= 4 is 0 Å². The quantitative estimate of drug-likeness (QED) is 0.911. The Kier molecular flexibility index (Phi) is 3.96. The van der Waals surface area contributed by atoms with Gasteiger partial charge in [-0.15, -0.1) is 0 Å². The lowest BCUT2D eigenvalue weighted by molar-refractivity contribution is 0.209. The summed E-state index contributed by atoms with van der Waals surface area (Å²) in [6.45, 7) is 8.25. The highest BCUT2D eigenvalue weighted by atomic mass is 16.5. The second-order valence-electron chi connectivity index (χ2n) is 4.75. The maximum absolute atomic E-state index is 10.6. The summed E-state index contributed by atoms with van der Waals surface area (Å²) in [7, 11) is 0. The van der Waals surface area contributed by atoms with Gasteiger partial charge in [0.25, 0.3) is 0 Å². The molecule has 0 spiro atoms. The van der Waals surface area contributed by atoms with Crippen molar-refractivity contribution in [3.05, 3.63) is 52.5 Å². The molecule has 1 unspecified atom stereocenters. The topological polar surface area (TPSA) is 42.6 Å². The molecule has 1 atom stereocenters. The molecule has 102 valence electrons. The molecule has 3 heteroatoms. The fourth-order valence-electron chi connectivity index (χ4n) is 2.26. The van der Waals surface area contributed by atoms with Gasteiger partial charge < -0.3 is 14.3 Å². The van der Waals surface area contributed by atoms with Gasteiger partial charge in [-0.3, -0.25) is 0 Å². The molecule has 0 saturated heterocycles. The average molecular weight is 260 g/mol. The van der Waals surface area contributed by atoms with E-state index in [1.807, 2.05) is 52.0 Å². The second kappa shape index (κ2) is 5.49. The molecule has 0 amide bonds. The molecule has 1 aromatic carbocycles. The Labute approximate surface area is 113 Å². The van der Waals surface area contributed by atoms with E-state index in [2.05, 4.69) is 0 Å². The number of benzene rings is 1. The van der Waals surface area contributed by atoms with Crippen molar-refractivity contribution in [1.29, 1.82) is 0 Å². The second-order valence-corrected chi connectivity index (χ2v) is 4.75. The minimum Gasteiger partial charge on any atom is -0.493 e. The van der Waals surface area contributed by atoms with Gasteiger partial charge in [-0.2, -0.15) is 0 Å². The Morgan fingerprint density at radius 1 is 1.16 bits per heavy atom. The smallest absolute Gasteiger partial charge is 0.125 e. The molecule has 2 rings (SSSR count). The van der Waals surface area contributed by atoms with E-state index >= 15 is 0 Å². The summed E-state index contributed by atoms with van der Waals surface area (Å²) >= 11 is 0. The van der Waals surface area contributed by atoms with Crippen LogP contribution in [0.1, 0.15) is 41.2 Å². The van der Waals surface area contributed by atoms with Gasteiger partial charge in [0.2, 0.25) is 0 Å². The van der Waals surface area contributed by atoms with Crippen LogP contribution in [0.4, 0.5) is 0 Å². The SMILES string of the molecule is CCOc1ccc(C)cc1C(O)c1cc(C)oc1C. The molecule has 0 aliphatic heterocycles. The highest BCUT2D eigenvalue weighted by molar-refractivity contribution is 5.43. The van der Waals surface area contributed by atoms with E-state index in [0.717, 1.165) is 34.0 Å². The molecule has 2 aromatic rings. The van der Waals surface area contributed by atoms with Crippen molar-refractivity contribution in [2.24, 2.45) is 0 Å². The predicted molar refractivity (Wildman–Crippen MR) is 74.6 cm³/mol. The van der Waals surface area contributed by atoms with Crippen molar-refractivity contribution in [2.75, 3.05) is 6.61 Å². The van der Waals surface area contributed by atoms with Crippen LogP contribution in [0.2, 0.25) is 0 Å². The first-order valence-electron chi connectivity index (χ1n) is 6.51. The summed E-state index contributed by atoms with van der Waals surface area (Å²) in [6, 6.07) is 7.71. The zero-order valence-corrected chi connectivity index (χ0v) is 11.9. The molecule has 0 fully saturated rings. The molecule has 1 aromatic heterocycles. The van der Waals surface area contributed by atoms with Crippen LogP contribution in [-0.4, -0.2) is 11.7 Å². The number of aliphatic hydroxyl groups is 1. The molecule has 1 heterocycles. The molecular formula is C16H20O3. The van der Waals surface area contributed by atoms with Gasteiger partial charge >= 0.3 is 0 Å². The zero-order chi connectivity index (χ0) is 14.0. The summed E-state index contributed by atoms with van der Waals surface area (Å²) in [5, 5.41) is 10.6. The first-order chi connectivity index (χ1) is 9.02. The van der Waals surface area contributed by atoms with E-state index in [1.54, 1.807) is 0 Å². The van der Waals surface area contributed by atoms with E-state index in [9.17, 15) is 5.11 Å². The molecule has 1 N–H and O–H groups in total. The van der Waals surface area contributed by atoms with Gasteiger partial charge in [-0.25, -0.2) is 0 Å². The fraction of sp³-hybridized carbons (Fsp3) is 0.375. The summed E-state index contributed by atoms with van der Waals surface area (Å²) < 4.78 is 11.1. The highest BCUT2D eigenvalue weighted by Crippen LogP contribution is 2.33. The number of hydrogen-bond donors (Lipinski definition) is 1. The number of hydrogen-bond acceptors (Lipinski definition) is 3. The third-order valence-corrected chi connectivity index (χ3v) is 3.13. The third-order valence-electron chi connectivity index (χ3n) is 3.13. The van der Waals surface area contributed by atoms with Crippen LogP contribution in [0.5, 0.6) is 5.75 Å². The van der Waals surface area contributed by atoms with Crippen molar-refractivity contribution in [3.63, 3.8) is 0 Å². The van der Waals surface area contributed by atoms with E-state index < -0.39 is 6.10 Å². The van der Waals surface area contributed by atoms with Gasteiger partial charge in [0.15, 0.2) is 0 Å². The van der Waals surface area contributed by atoms with Gasteiger partial charge in [0, 0.05) is 11.1 Å². The highest BCUT2D eigenvalue weighted by Gasteiger charge is 2.20. The van der Waals surface area contributed by atoms with E-state index in [4.69, 9.17) is 9.15 Å². The van der Waals surface area contributed by atoms with Gasteiger partial charge in [0.05, 0.1) is 6.61 Å². The maximum Gasteiger partial charge on any atom is 0.125 e. The van der Waals surface area contributed by atoms with Crippen molar-refractivity contribution in [3.8, 4) is 5.75 Å². The monoisotopic (exact) mass is 260 g/mol. The molecular weight excluding hydrogens is 240 g/mol. The van der Waals surface area contributed by atoms with Crippen LogP contribution in [0.25, 0.3) is 0 Å². The number of rotatable bonds is 4. The maximum atomic E-state index is 10.6. The minimum absolute atomic E-state index is 0.576. The Balaban J connectivity index is 2.45. The predicted octanol–water partition coefficient (Wildman–Crippen LogP) is 3.69. The standard InChI is InChI=1S/C16H20O3/c1-5-18-15-7-6-10(2)8-14(15)16(17)13-9-11(3)19-12(13)4/h6-9,16-17H,5H2,1-4H3. The number of ether oxygens (including phenoxy) is 1. The van der Waals surface area contributed by atoms with E-state index in [-0.39, 0.29) is 0 Å². The Hall–Kier alpha value is -1.74.